The van der Waals surface area contributed by atoms with Gasteiger partial charge in [-0.25, -0.2) is 0 Å². The summed E-state index contributed by atoms with van der Waals surface area (Å²) in [5, 5.41) is 12.4. The largest absolute Gasteiger partial charge is 0.477 e. The lowest BCUT2D eigenvalue weighted by Gasteiger charge is -2.64. The first kappa shape index (κ1) is 19.7. The Labute approximate surface area is 183 Å². The van der Waals surface area contributed by atoms with Crippen LogP contribution in [0.2, 0.25) is 0 Å². The Morgan fingerprint density at radius 2 is 2.10 bits per heavy atom. The smallest absolute Gasteiger partial charge is 0.313 e. The van der Waals surface area contributed by atoms with Gasteiger partial charge in [-0.1, -0.05) is 19.9 Å². The van der Waals surface area contributed by atoms with Gasteiger partial charge in [-0.2, -0.15) is 0 Å². The molecule has 1 N–H and O–H groups in total. The van der Waals surface area contributed by atoms with Gasteiger partial charge in [0.2, 0.25) is 0 Å². The van der Waals surface area contributed by atoms with Crippen LogP contribution < -0.4 is 9.47 Å². The Balaban J connectivity index is 1.52. The molecule has 1 aromatic carbocycles. The molecule has 2 aliphatic heterocycles. The molecule has 2 bridgehead atoms. The van der Waals surface area contributed by atoms with E-state index in [0.29, 0.717) is 24.3 Å². The molecule has 0 amide bonds. The lowest BCUT2D eigenvalue weighted by Crippen LogP contribution is -2.80. The van der Waals surface area contributed by atoms with Gasteiger partial charge in [-0.3, -0.25) is 9.59 Å². The molecule has 6 rings (SSSR count). The zero-order valence-corrected chi connectivity index (χ0v) is 18.6. The molecule has 5 aliphatic rings. The van der Waals surface area contributed by atoms with Crippen molar-refractivity contribution >= 4 is 11.8 Å². The van der Waals surface area contributed by atoms with Crippen LogP contribution in [-0.2, 0) is 21.4 Å². The number of likely N-dealkylation sites (N-methyl/N-ethyl adjacent to an activating group) is 1. The van der Waals surface area contributed by atoms with Crippen LogP contribution in [0.4, 0.5) is 0 Å². The van der Waals surface area contributed by atoms with Crippen molar-refractivity contribution in [2.75, 3.05) is 20.1 Å². The number of Topliss-reactive ketones (excluding diaryl/α,β-unsaturated/α-hetero) is 1. The number of esters is 1. The second kappa shape index (κ2) is 6.10. The lowest BCUT2D eigenvalue weighted by molar-refractivity contribution is -0.950. The number of carbonyl (C=O) groups excluding carboxylic acids is 2. The molecule has 3 fully saturated rings. The predicted octanol–water partition coefficient (Wildman–Crippen LogP) is 2.53. The molecule has 2 saturated carbocycles. The molecular weight excluding hydrogens is 394 g/mol. The Hall–Kier alpha value is -1.92. The molecule has 1 saturated heterocycles. The maximum atomic E-state index is 13.1. The van der Waals surface area contributed by atoms with Gasteiger partial charge in [0, 0.05) is 30.7 Å². The van der Waals surface area contributed by atoms with Gasteiger partial charge in [0.25, 0.3) is 0 Å². The van der Waals surface area contributed by atoms with Crippen molar-refractivity contribution in [1.29, 1.82) is 0 Å². The minimum Gasteiger partial charge on any atom is -0.477 e. The lowest BCUT2D eigenvalue weighted by atomic mass is 9.48. The summed E-state index contributed by atoms with van der Waals surface area (Å²) in [5.74, 6) is 1.14. The number of rotatable bonds is 4. The fourth-order valence-electron chi connectivity index (χ4n) is 7.23. The van der Waals surface area contributed by atoms with Crippen molar-refractivity contribution in [3.05, 3.63) is 23.3 Å². The average Bonchev–Trinajstić information content (AvgIpc) is 3.44. The van der Waals surface area contributed by atoms with E-state index >= 15 is 0 Å². The third-order valence-electron chi connectivity index (χ3n) is 8.94. The van der Waals surface area contributed by atoms with Crippen LogP contribution in [0.5, 0.6) is 11.5 Å². The molecule has 1 aromatic rings. The van der Waals surface area contributed by atoms with Crippen molar-refractivity contribution in [3.63, 3.8) is 0 Å². The van der Waals surface area contributed by atoms with Crippen LogP contribution in [0.25, 0.3) is 0 Å². The number of aliphatic hydroxyl groups is 1. The highest BCUT2D eigenvalue weighted by molar-refractivity contribution is 5.90. The quantitative estimate of drug-likeness (QED) is 0.455. The van der Waals surface area contributed by atoms with Gasteiger partial charge in [0.1, 0.15) is 11.6 Å². The number of piperidine rings is 1. The number of benzene rings is 1. The van der Waals surface area contributed by atoms with Crippen LogP contribution >= 0.6 is 0 Å². The molecule has 6 heteroatoms. The van der Waals surface area contributed by atoms with Crippen LogP contribution in [0, 0.1) is 11.8 Å². The second-order valence-corrected chi connectivity index (χ2v) is 11.2. The van der Waals surface area contributed by atoms with E-state index in [9.17, 15) is 14.7 Å². The Bertz CT molecular complexity index is 1000. The summed E-state index contributed by atoms with van der Waals surface area (Å²) in [4.78, 5) is 25.4. The molecule has 2 heterocycles. The summed E-state index contributed by atoms with van der Waals surface area (Å²) in [6.45, 7) is 5.64. The molecule has 0 aromatic heterocycles. The average molecular weight is 427 g/mol. The summed E-state index contributed by atoms with van der Waals surface area (Å²) in [7, 11) is 2.31. The summed E-state index contributed by atoms with van der Waals surface area (Å²) >= 11 is 0. The van der Waals surface area contributed by atoms with E-state index in [-0.39, 0.29) is 23.7 Å². The number of carbonyl (C=O) groups is 2. The first-order valence-corrected chi connectivity index (χ1v) is 11.8. The van der Waals surface area contributed by atoms with E-state index in [1.807, 2.05) is 12.1 Å². The van der Waals surface area contributed by atoms with E-state index < -0.39 is 17.1 Å². The van der Waals surface area contributed by atoms with Gasteiger partial charge >= 0.3 is 5.97 Å². The number of likely N-dealkylation sites (tertiary alicyclic amines) is 1. The van der Waals surface area contributed by atoms with Gasteiger partial charge in [-0.15, -0.1) is 0 Å². The van der Waals surface area contributed by atoms with Crippen LogP contribution in [0.1, 0.15) is 57.1 Å². The molecule has 1 spiro atoms. The zero-order chi connectivity index (χ0) is 21.8. The van der Waals surface area contributed by atoms with Gasteiger partial charge < -0.3 is 19.1 Å². The first-order chi connectivity index (χ1) is 14.7. The van der Waals surface area contributed by atoms with Crippen LogP contribution in [-0.4, -0.2) is 59.2 Å². The normalized spacial score (nSPS) is 39.8. The standard InChI is InChI=1S/C25H32NO5/c1-14(2)23(28)30-18-7-6-16-12-19-25(29)9-8-17(27)22-24(25,20(16)21(18)31-22)10-11-26(19,3)13-15-4-5-15/h6-7,14-15,19,22,29H,4-5,8-13H2,1-3H3/q+1/t19?,22-,24-,25+,26-/m0/s1. The first-order valence-electron chi connectivity index (χ1n) is 11.8. The van der Waals surface area contributed by atoms with Crippen molar-refractivity contribution in [1.82, 2.24) is 0 Å². The van der Waals surface area contributed by atoms with E-state index in [2.05, 4.69) is 7.05 Å². The topological polar surface area (TPSA) is 72.8 Å². The van der Waals surface area contributed by atoms with E-state index in [0.717, 1.165) is 47.5 Å². The fourth-order valence-corrected chi connectivity index (χ4v) is 7.23. The molecular formula is C25H32NO5+. The molecule has 6 nitrogen and oxygen atoms in total. The van der Waals surface area contributed by atoms with Gasteiger partial charge in [0.15, 0.2) is 23.4 Å². The van der Waals surface area contributed by atoms with E-state index in [1.165, 1.54) is 12.8 Å². The predicted molar refractivity (Wildman–Crippen MR) is 113 cm³/mol. The van der Waals surface area contributed by atoms with Crippen molar-refractivity contribution < 1.29 is 28.7 Å². The van der Waals surface area contributed by atoms with Gasteiger partial charge in [-0.05, 0) is 30.9 Å². The highest BCUT2D eigenvalue weighted by Crippen LogP contribution is 2.66. The number of quaternary nitrogens is 1. The molecule has 3 aliphatic carbocycles. The summed E-state index contributed by atoms with van der Waals surface area (Å²) in [6.07, 6.45) is 4.22. The van der Waals surface area contributed by atoms with E-state index in [1.54, 1.807) is 13.8 Å². The molecule has 1 unspecified atom stereocenters. The Morgan fingerprint density at radius 1 is 1.32 bits per heavy atom. The third kappa shape index (κ3) is 2.41. The number of hydrogen-bond donors (Lipinski definition) is 1. The summed E-state index contributed by atoms with van der Waals surface area (Å²) < 4.78 is 12.9. The zero-order valence-electron chi connectivity index (χ0n) is 18.6. The molecule has 31 heavy (non-hydrogen) atoms. The van der Waals surface area contributed by atoms with E-state index in [4.69, 9.17) is 9.47 Å². The maximum Gasteiger partial charge on any atom is 0.313 e. The second-order valence-electron chi connectivity index (χ2n) is 11.2. The van der Waals surface area contributed by atoms with Crippen LogP contribution in [0.3, 0.4) is 0 Å². The van der Waals surface area contributed by atoms with Crippen LogP contribution in [0.15, 0.2) is 12.1 Å². The number of hydrogen-bond acceptors (Lipinski definition) is 5. The third-order valence-corrected chi connectivity index (χ3v) is 8.94. The van der Waals surface area contributed by atoms with Crippen molar-refractivity contribution in [3.8, 4) is 11.5 Å². The Morgan fingerprint density at radius 3 is 2.81 bits per heavy atom. The number of nitrogens with zero attached hydrogens (tertiary/aromatic N) is 1. The maximum absolute atomic E-state index is 13.1. The van der Waals surface area contributed by atoms with Crippen molar-refractivity contribution in [2.24, 2.45) is 11.8 Å². The molecule has 0 radical (unpaired) electrons. The van der Waals surface area contributed by atoms with Crippen molar-refractivity contribution in [2.45, 2.75) is 75.5 Å². The summed E-state index contributed by atoms with van der Waals surface area (Å²) in [5.41, 5.74) is 0.381. The molecule has 5 atom stereocenters. The highest BCUT2D eigenvalue weighted by Gasteiger charge is 2.76. The molecule has 166 valence electrons. The summed E-state index contributed by atoms with van der Waals surface area (Å²) in [6, 6.07) is 3.91. The Kier molecular flexibility index (Phi) is 3.89. The monoisotopic (exact) mass is 426 g/mol. The fraction of sp³-hybridized carbons (Fsp3) is 0.680. The minimum atomic E-state index is -0.980. The number of ether oxygens (including phenoxy) is 2. The SMILES string of the molecule is CC(C)C(=O)Oc1ccc2c3c1O[C@H]1C(=O)CC[C@@]4(O)C(C2)[N@+](C)(CC2CC2)CC[C@]314. The van der Waals surface area contributed by atoms with Gasteiger partial charge in [0.05, 0.1) is 31.5 Å². The highest BCUT2D eigenvalue weighted by atomic mass is 16.6. The minimum absolute atomic E-state index is 0.0589. The number of ketones is 1.